The van der Waals surface area contributed by atoms with Crippen molar-refractivity contribution in [1.29, 1.82) is 0 Å². The Labute approximate surface area is 87.9 Å². The van der Waals surface area contributed by atoms with Crippen LogP contribution in [0.4, 0.5) is 0 Å². The highest BCUT2D eigenvalue weighted by Gasteiger charge is 1.97. The molecule has 0 spiro atoms. The smallest absolute Gasteiger partial charge is 0.251 e. The Kier molecular flexibility index (Phi) is 3.69. The number of terminal acetylenes is 1. The quantitative estimate of drug-likeness (QED) is 0.703. The van der Waals surface area contributed by atoms with Crippen LogP contribution in [0.3, 0.4) is 0 Å². The van der Waals surface area contributed by atoms with Crippen molar-refractivity contribution in [2.24, 2.45) is 0 Å². The highest BCUT2D eigenvalue weighted by Crippen LogP contribution is 1.90. The number of rotatable bonds is 3. The third-order valence-electron chi connectivity index (χ3n) is 1.89. The van der Waals surface area contributed by atoms with Crippen molar-refractivity contribution in [3.05, 3.63) is 34.2 Å². The molecule has 1 aromatic heterocycles. The fourth-order valence-corrected chi connectivity index (χ4v) is 1.13. The second kappa shape index (κ2) is 5.01. The molecule has 0 aliphatic rings. The summed E-state index contributed by atoms with van der Waals surface area (Å²) in [6.07, 6.45) is 6.78. The van der Waals surface area contributed by atoms with Gasteiger partial charge in [0.1, 0.15) is 0 Å². The molecule has 1 aromatic rings. The van der Waals surface area contributed by atoms with E-state index in [2.05, 4.69) is 11.2 Å². The zero-order valence-corrected chi connectivity index (χ0v) is 8.49. The van der Waals surface area contributed by atoms with E-state index in [1.807, 2.05) is 0 Å². The van der Waals surface area contributed by atoms with Crippen LogP contribution >= 0.6 is 0 Å². The fourth-order valence-electron chi connectivity index (χ4n) is 1.13. The lowest BCUT2D eigenvalue weighted by atomic mass is 10.3. The van der Waals surface area contributed by atoms with Gasteiger partial charge in [0.05, 0.1) is 0 Å². The van der Waals surface area contributed by atoms with Crippen LogP contribution in [-0.4, -0.2) is 17.0 Å². The molecule has 0 aromatic carbocycles. The summed E-state index contributed by atoms with van der Waals surface area (Å²) in [5.41, 5.74) is 0.409. The molecule has 1 heterocycles. The summed E-state index contributed by atoms with van der Waals surface area (Å²) in [6.45, 7) is 2.32. The lowest BCUT2D eigenvalue weighted by Gasteiger charge is -2.05. The molecule has 1 amide bonds. The average molecular weight is 204 g/mol. The molecule has 0 saturated carbocycles. The number of carbonyl (C=O) groups is 1. The molecular weight excluding hydrogens is 192 g/mol. The first-order valence-corrected chi connectivity index (χ1v) is 4.55. The number of nitrogens with one attached hydrogen (secondary N) is 1. The maximum atomic E-state index is 11.4. The molecule has 4 nitrogen and oxygen atoms in total. The Morgan fingerprint density at radius 3 is 2.93 bits per heavy atom. The summed E-state index contributed by atoms with van der Waals surface area (Å²) in [5.74, 6) is 2.28. The molecular formula is C11H12N2O2. The maximum absolute atomic E-state index is 11.4. The Morgan fingerprint density at radius 1 is 1.67 bits per heavy atom. The summed E-state index contributed by atoms with van der Waals surface area (Å²) in [4.78, 5) is 22.0. The van der Waals surface area contributed by atoms with E-state index >= 15 is 0 Å². The van der Waals surface area contributed by atoms with Crippen molar-refractivity contribution in [3.8, 4) is 12.3 Å². The third-order valence-corrected chi connectivity index (χ3v) is 1.89. The number of hydrogen-bond donors (Lipinski definition) is 1. The predicted octanol–water partition coefficient (Wildman–Crippen LogP) is -0.0343. The number of aromatic nitrogens is 1. The number of nitrogens with zero attached hydrogens (tertiary/aromatic N) is 1. The van der Waals surface area contributed by atoms with Crippen LogP contribution in [0.2, 0.25) is 0 Å². The highest BCUT2D eigenvalue weighted by atomic mass is 16.1. The maximum Gasteiger partial charge on any atom is 0.251 e. The molecule has 15 heavy (non-hydrogen) atoms. The number of carbonyl (C=O) groups excluding carboxylic acids is 1. The second-order valence-corrected chi connectivity index (χ2v) is 3.07. The summed E-state index contributed by atoms with van der Waals surface area (Å²) in [5, 5.41) is 2.61. The largest absolute Gasteiger partial charge is 0.355 e. The molecule has 0 saturated heterocycles. The van der Waals surface area contributed by atoms with Gasteiger partial charge in [-0.2, -0.15) is 0 Å². The van der Waals surface area contributed by atoms with Gasteiger partial charge in [-0.25, -0.2) is 0 Å². The van der Waals surface area contributed by atoms with Crippen LogP contribution in [-0.2, 0) is 11.3 Å². The van der Waals surface area contributed by atoms with E-state index in [9.17, 15) is 9.59 Å². The first-order valence-electron chi connectivity index (χ1n) is 4.55. The van der Waals surface area contributed by atoms with Crippen molar-refractivity contribution in [1.82, 2.24) is 9.88 Å². The van der Waals surface area contributed by atoms with E-state index in [0.29, 0.717) is 18.7 Å². The SMILES string of the molecule is C#Cc1ccn(CCNC(C)=O)c(=O)c1. The monoisotopic (exact) mass is 204 g/mol. The van der Waals surface area contributed by atoms with Crippen LogP contribution in [0.25, 0.3) is 0 Å². The first-order chi connectivity index (χ1) is 7.13. The number of pyridine rings is 1. The molecule has 0 unspecified atom stereocenters. The van der Waals surface area contributed by atoms with Gasteiger partial charge in [0.15, 0.2) is 0 Å². The van der Waals surface area contributed by atoms with Gasteiger partial charge in [-0.3, -0.25) is 9.59 Å². The standard InChI is InChI=1S/C11H12N2O2/c1-3-10-4-6-13(11(15)8-10)7-5-12-9(2)14/h1,4,6,8H,5,7H2,2H3,(H,12,14). The topological polar surface area (TPSA) is 51.1 Å². The van der Waals surface area contributed by atoms with Gasteiger partial charge in [0.2, 0.25) is 5.91 Å². The molecule has 1 rings (SSSR count). The summed E-state index contributed by atoms with van der Waals surface area (Å²) in [6, 6.07) is 3.09. The van der Waals surface area contributed by atoms with E-state index in [1.54, 1.807) is 12.3 Å². The van der Waals surface area contributed by atoms with Gasteiger partial charge < -0.3 is 9.88 Å². The van der Waals surface area contributed by atoms with Crippen LogP contribution < -0.4 is 10.9 Å². The molecule has 4 heteroatoms. The second-order valence-electron chi connectivity index (χ2n) is 3.07. The van der Waals surface area contributed by atoms with Crippen molar-refractivity contribution < 1.29 is 4.79 Å². The molecule has 0 fully saturated rings. The van der Waals surface area contributed by atoms with Crippen LogP contribution in [0, 0.1) is 12.3 Å². The third kappa shape index (κ3) is 3.31. The van der Waals surface area contributed by atoms with Gasteiger partial charge in [-0.15, -0.1) is 6.42 Å². The minimum atomic E-state index is -0.157. The first kappa shape index (κ1) is 11.1. The molecule has 0 aliphatic carbocycles. The molecule has 0 bridgehead atoms. The van der Waals surface area contributed by atoms with Crippen LogP contribution in [0.1, 0.15) is 12.5 Å². The van der Waals surface area contributed by atoms with Crippen molar-refractivity contribution >= 4 is 5.91 Å². The molecule has 1 N–H and O–H groups in total. The van der Waals surface area contributed by atoms with Gasteiger partial charge in [0, 0.05) is 37.8 Å². The summed E-state index contributed by atoms with van der Waals surface area (Å²) >= 11 is 0. The highest BCUT2D eigenvalue weighted by molar-refractivity contribution is 5.72. The minimum Gasteiger partial charge on any atom is -0.355 e. The number of hydrogen-bond acceptors (Lipinski definition) is 2. The van der Waals surface area contributed by atoms with Gasteiger partial charge >= 0.3 is 0 Å². The average Bonchev–Trinajstić information content (AvgIpc) is 2.20. The minimum absolute atomic E-state index is 0.108. The van der Waals surface area contributed by atoms with E-state index in [0.717, 1.165) is 0 Å². The lowest BCUT2D eigenvalue weighted by Crippen LogP contribution is -2.28. The Hall–Kier alpha value is -2.02. The Balaban J connectivity index is 2.67. The van der Waals surface area contributed by atoms with E-state index < -0.39 is 0 Å². The normalized spacial score (nSPS) is 9.33. The molecule has 0 aliphatic heterocycles. The van der Waals surface area contributed by atoms with E-state index in [4.69, 9.17) is 6.42 Å². The zero-order valence-electron chi connectivity index (χ0n) is 8.49. The van der Waals surface area contributed by atoms with E-state index in [1.165, 1.54) is 17.6 Å². The molecule has 0 radical (unpaired) electrons. The van der Waals surface area contributed by atoms with E-state index in [-0.39, 0.29) is 11.5 Å². The molecule has 78 valence electrons. The summed E-state index contributed by atoms with van der Waals surface area (Å²) in [7, 11) is 0. The predicted molar refractivity (Wildman–Crippen MR) is 57.3 cm³/mol. The zero-order chi connectivity index (χ0) is 11.3. The van der Waals surface area contributed by atoms with Crippen molar-refractivity contribution in [2.45, 2.75) is 13.5 Å². The fraction of sp³-hybridized carbons (Fsp3) is 0.273. The van der Waals surface area contributed by atoms with Gasteiger partial charge in [0.25, 0.3) is 5.56 Å². The van der Waals surface area contributed by atoms with Gasteiger partial charge in [-0.05, 0) is 6.07 Å². The van der Waals surface area contributed by atoms with Crippen LogP contribution in [0.5, 0.6) is 0 Å². The Morgan fingerprint density at radius 2 is 2.40 bits per heavy atom. The molecule has 0 atom stereocenters. The lowest BCUT2D eigenvalue weighted by molar-refractivity contribution is -0.118. The summed E-state index contributed by atoms with van der Waals surface area (Å²) < 4.78 is 1.50. The Bertz CT molecular complexity index is 454. The van der Waals surface area contributed by atoms with Gasteiger partial charge in [-0.1, -0.05) is 5.92 Å². The number of amides is 1. The van der Waals surface area contributed by atoms with Crippen LogP contribution in [0.15, 0.2) is 23.1 Å². The van der Waals surface area contributed by atoms with Crippen molar-refractivity contribution in [2.75, 3.05) is 6.54 Å². The van der Waals surface area contributed by atoms with Crippen molar-refractivity contribution in [3.63, 3.8) is 0 Å².